The maximum Gasteiger partial charge on any atom is 0.0636 e. The van der Waals surface area contributed by atoms with Crippen molar-refractivity contribution in [3.05, 3.63) is 143 Å². The van der Waals surface area contributed by atoms with E-state index in [0.29, 0.717) is 11.8 Å². The Morgan fingerprint density at radius 1 is 0.439 bits per heavy atom. The van der Waals surface area contributed by atoms with Crippen LogP contribution in [0.5, 0.6) is 0 Å². The fourth-order valence-electron chi connectivity index (χ4n) is 4.10. The number of benzene rings is 4. The van der Waals surface area contributed by atoms with E-state index in [-0.39, 0.29) is 16.5 Å². The van der Waals surface area contributed by atoms with Crippen LogP contribution < -0.4 is 0 Å². The van der Waals surface area contributed by atoms with E-state index < -0.39 is 0 Å². The first-order valence-corrected chi connectivity index (χ1v) is 15.4. The Balaban J connectivity index is 0.000000280. The molecular formula is C36H36NiS4. The van der Waals surface area contributed by atoms with Crippen LogP contribution in [-0.2, 0) is 16.5 Å². The van der Waals surface area contributed by atoms with Crippen LogP contribution in [-0.4, -0.2) is 19.5 Å². The van der Waals surface area contributed by atoms with Crippen molar-refractivity contribution < 1.29 is 16.5 Å². The summed E-state index contributed by atoms with van der Waals surface area (Å²) in [4.78, 5) is 3.00. The maximum absolute atomic E-state index is 5.52. The minimum Gasteiger partial charge on any atom is -0.0778 e. The van der Waals surface area contributed by atoms with Gasteiger partial charge in [0.15, 0.2) is 0 Å². The SMILES string of the molecule is CCC(C)c1ccc(C(=S)C(=S)c2ccccc2)cc1.CCC(C)c1ccc(C(=S)C(=S)c2ccccc2)cc1.[Ni]. The maximum atomic E-state index is 5.52. The van der Waals surface area contributed by atoms with Gasteiger partial charge >= 0.3 is 0 Å². The molecule has 2 atom stereocenters. The summed E-state index contributed by atoms with van der Waals surface area (Å²) in [5, 5.41) is 0. The van der Waals surface area contributed by atoms with Gasteiger partial charge in [0.05, 0.1) is 19.5 Å². The third-order valence-electron chi connectivity index (χ3n) is 7.19. The molecule has 0 N–H and O–H groups in total. The van der Waals surface area contributed by atoms with Crippen molar-refractivity contribution in [2.24, 2.45) is 0 Å². The van der Waals surface area contributed by atoms with E-state index in [1.807, 2.05) is 60.7 Å². The van der Waals surface area contributed by atoms with Gasteiger partial charge in [0.2, 0.25) is 0 Å². The molecule has 4 aromatic carbocycles. The smallest absolute Gasteiger partial charge is 0.0636 e. The molecule has 5 heteroatoms. The fraction of sp³-hybridized carbons (Fsp3) is 0.222. The summed E-state index contributed by atoms with van der Waals surface area (Å²) in [5.41, 5.74) is 6.79. The van der Waals surface area contributed by atoms with E-state index in [2.05, 4.69) is 76.2 Å². The average molecular weight is 656 g/mol. The molecule has 0 spiro atoms. The van der Waals surface area contributed by atoms with E-state index >= 15 is 0 Å². The van der Waals surface area contributed by atoms with Gasteiger partial charge in [0.25, 0.3) is 0 Å². The van der Waals surface area contributed by atoms with Gasteiger partial charge in [-0.05, 0) is 58.1 Å². The summed E-state index contributed by atoms with van der Waals surface area (Å²) < 4.78 is 0. The molecule has 0 radical (unpaired) electrons. The van der Waals surface area contributed by atoms with Gasteiger partial charge in [0.1, 0.15) is 0 Å². The van der Waals surface area contributed by atoms with Gasteiger partial charge < -0.3 is 0 Å². The van der Waals surface area contributed by atoms with E-state index in [1.165, 1.54) is 11.1 Å². The molecule has 4 rings (SSSR count). The van der Waals surface area contributed by atoms with Gasteiger partial charge in [-0.25, -0.2) is 0 Å². The van der Waals surface area contributed by atoms with Crippen molar-refractivity contribution in [1.82, 2.24) is 0 Å². The van der Waals surface area contributed by atoms with Crippen LogP contribution in [0.25, 0.3) is 0 Å². The first-order valence-electron chi connectivity index (χ1n) is 13.7. The molecule has 0 amide bonds. The summed E-state index contributed by atoms with van der Waals surface area (Å²) >= 11 is 22.0. The Morgan fingerprint density at radius 2 is 0.683 bits per heavy atom. The molecule has 0 nitrogen and oxygen atoms in total. The summed E-state index contributed by atoms with van der Waals surface area (Å²) in [7, 11) is 0. The summed E-state index contributed by atoms with van der Waals surface area (Å²) in [6, 6.07) is 36.9. The van der Waals surface area contributed by atoms with E-state index in [9.17, 15) is 0 Å². The number of hydrogen-bond acceptors (Lipinski definition) is 4. The predicted molar refractivity (Wildman–Crippen MR) is 190 cm³/mol. The third-order valence-corrected chi connectivity index (χ3v) is 9.21. The molecule has 0 heterocycles. The average Bonchev–Trinajstić information content (AvgIpc) is 3.03. The standard InChI is InChI=1S/2C18H18S2.Ni/c2*1-3-13(2)14-9-11-16(12-10-14)18(20)17(19)15-7-5-4-6-8-15;/h2*4-13H,3H2,1-2H3;. The molecule has 0 saturated carbocycles. The Bertz CT molecular complexity index is 1310. The first kappa shape index (κ1) is 34.9. The number of thiocarbonyl (C=S) groups is 4. The van der Waals surface area contributed by atoms with Gasteiger partial charge in [0, 0.05) is 16.5 Å². The van der Waals surface area contributed by atoms with Gasteiger partial charge in [-0.2, -0.15) is 0 Å². The fourth-order valence-corrected chi connectivity index (χ4v) is 5.12. The Labute approximate surface area is 277 Å². The quantitative estimate of drug-likeness (QED) is 0.0947. The minimum atomic E-state index is 0. The van der Waals surface area contributed by atoms with Gasteiger partial charge in [-0.15, -0.1) is 0 Å². The molecule has 0 fully saturated rings. The Hall–Kier alpha value is -2.27. The summed E-state index contributed by atoms with van der Waals surface area (Å²) in [5.74, 6) is 1.16. The van der Waals surface area contributed by atoms with Crippen molar-refractivity contribution in [2.75, 3.05) is 0 Å². The van der Waals surface area contributed by atoms with Crippen LogP contribution in [0.4, 0.5) is 0 Å². The zero-order chi connectivity index (χ0) is 29.1. The predicted octanol–water partition coefficient (Wildman–Crippen LogP) is 10.7. The largest absolute Gasteiger partial charge is 0.0778 e. The van der Waals surface area contributed by atoms with Gasteiger partial charge in [-0.3, -0.25) is 0 Å². The van der Waals surface area contributed by atoms with Crippen molar-refractivity contribution in [3.8, 4) is 0 Å². The first-order chi connectivity index (χ1) is 19.3. The van der Waals surface area contributed by atoms with E-state index in [4.69, 9.17) is 48.9 Å². The zero-order valence-corrected chi connectivity index (χ0v) is 28.2. The van der Waals surface area contributed by atoms with Crippen LogP contribution in [0.2, 0.25) is 0 Å². The second-order valence-electron chi connectivity index (χ2n) is 9.91. The third kappa shape index (κ3) is 9.91. The Morgan fingerprint density at radius 3 is 0.927 bits per heavy atom. The minimum absolute atomic E-state index is 0. The molecule has 0 aliphatic heterocycles. The van der Waals surface area contributed by atoms with Crippen molar-refractivity contribution in [1.29, 1.82) is 0 Å². The topological polar surface area (TPSA) is 0 Å². The number of rotatable bonds is 10. The number of hydrogen-bond donors (Lipinski definition) is 0. The van der Waals surface area contributed by atoms with E-state index in [0.717, 1.165) is 54.6 Å². The molecule has 0 aromatic heterocycles. The molecule has 0 aliphatic carbocycles. The molecular weight excluding hydrogens is 619 g/mol. The molecule has 2 unspecified atom stereocenters. The monoisotopic (exact) mass is 654 g/mol. The molecule has 0 aliphatic rings. The molecule has 0 saturated heterocycles. The molecule has 41 heavy (non-hydrogen) atoms. The van der Waals surface area contributed by atoms with Crippen molar-refractivity contribution in [2.45, 2.75) is 52.4 Å². The summed E-state index contributed by atoms with van der Waals surface area (Å²) in [6.45, 7) is 8.88. The molecule has 214 valence electrons. The zero-order valence-electron chi connectivity index (χ0n) is 23.9. The molecule has 4 aromatic rings. The second-order valence-corrected chi connectivity index (χ2v) is 11.5. The van der Waals surface area contributed by atoms with Crippen LogP contribution in [0.3, 0.4) is 0 Å². The van der Waals surface area contributed by atoms with Crippen molar-refractivity contribution in [3.63, 3.8) is 0 Å². The van der Waals surface area contributed by atoms with Crippen molar-refractivity contribution >= 4 is 68.3 Å². The van der Waals surface area contributed by atoms with Crippen LogP contribution in [0.1, 0.15) is 85.8 Å². The second kappa shape index (κ2) is 17.6. The van der Waals surface area contributed by atoms with E-state index in [1.54, 1.807) is 0 Å². The normalized spacial score (nSPS) is 11.6. The summed E-state index contributed by atoms with van der Waals surface area (Å²) in [6.07, 6.45) is 2.29. The van der Waals surface area contributed by atoms with Crippen LogP contribution >= 0.6 is 48.9 Å². The Kier molecular flexibility index (Phi) is 15.0. The van der Waals surface area contributed by atoms with Crippen LogP contribution in [0.15, 0.2) is 109 Å². The molecule has 0 bridgehead atoms. The van der Waals surface area contributed by atoms with Gasteiger partial charge in [-0.1, -0.05) is 186 Å². The van der Waals surface area contributed by atoms with Crippen LogP contribution in [0, 0.1) is 0 Å².